The van der Waals surface area contributed by atoms with Gasteiger partial charge in [0.1, 0.15) is 5.76 Å². The molecule has 0 amide bonds. The number of aryl methyl sites for hydroxylation is 1. The summed E-state index contributed by atoms with van der Waals surface area (Å²) in [6.45, 7) is 4.28. The zero-order chi connectivity index (χ0) is 8.39. The topological polar surface area (TPSA) is 38.1 Å². The SMILES string of the molecule is Cc1oncc1CC1CCNC1. The third-order valence-electron chi connectivity index (χ3n) is 2.52. The minimum absolute atomic E-state index is 0.781. The van der Waals surface area contributed by atoms with Gasteiger partial charge >= 0.3 is 0 Å². The van der Waals surface area contributed by atoms with Crippen LogP contribution in [0.2, 0.25) is 0 Å². The van der Waals surface area contributed by atoms with Crippen molar-refractivity contribution in [1.82, 2.24) is 10.5 Å². The summed E-state index contributed by atoms with van der Waals surface area (Å²) in [6, 6.07) is 0. The van der Waals surface area contributed by atoms with E-state index in [0.29, 0.717) is 0 Å². The van der Waals surface area contributed by atoms with Crippen molar-refractivity contribution in [3.05, 3.63) is 17.5 Å². The molecule has 12 heavy (non-hydrogen) atoms. The largest absolute Gasteiger partial charge is 0.361 e. The van der Waals surface area contributed by atoms with Gasteiger partial charge in [-0.2, -0.15) is 0 Å². The summed E-state index contributed by atoms with van der Waals surface area (Å²) in [6.07, 6.45) is 4.24. The monoisotopic (exact) mass is 166 g/mol. The molecule has 3 heteroatoms. The van der Waals surface area contributed by atoms with Crippen LogP contribution in [0, 0.1) is 12.8 Å². The standard InChI is InChI=1S/C9H14N2O/c1-7-9(6-11-12-7)4-8-2-3-10-5-8/h6,8,10H,2-5H2,1H3. The molecular formula is C9H14N2O. The average Bonchev–Trinajstić information content (AvgIpc) is 2.65. The number of rotatable bonds is 2. The lowest BCUT2D eigenvalue weighted by molar-refractivity contribution is 0.395. The van der Waals surface area contributed by atoms with Gasteiger partial charge in [-0.3, -0.25) is 0 Å². The zero-order valence-corrected chi connectivity index (χ0v) is 7.34. The van der Waals surface area contributed by atoms with E-state index >= 15 is 0 Å². The van der Waals surface area contributed by atoms with Crippen LogP contribution in [-0.4, -0.2) is 18.2 Å². The molecule has 0 aliphatic carbocycles. The molecule has 2 rings (SSSR count). The summed E-state index contributed by atoms with van der Waals surface area (Å²) >= 11 is 0. The molecular weight excluding hydrogens is 152 g/mol. The molecule has 1 aliphatic rings. The Kier molecular flexibility index (Phi) is 2.13. The summed E-state index contributed by atoms with van der Waals surface area (Å²) in [4.78, 5) is 0. The first kappa shape index (κ1) is 7.80. The van der Waals surface area contributed by atoms with E-state index in [1.54, 1.807) is 0 Å². The van der Waals surface area contributed by atoms with Gasteiger partial charge in [0.2, 0.25) is 0 Å². The summed E-state index contributed by atoms with van der Waals surface area (Å²) in [7, 11) is 0. The van der Waals surface area contributed by atoms with Crippen LogP contribution in [0.3, 0.4) is 0 Å². The van der Waals surface area contributed by atoms with E-state index in [4.69, 9.17) is 4.52 Å². The smallest absolute Gasteiger partial charge is 0.136 e. The van der Waals surface area contributed by atoms with Crippen LogP contribution >= 0.6 is 0 Å². The third kappa shape index (κ3) is 1.50. The average molecular weight is 166 g/mol. The molecule has 1 aliphatic heterocycles. The lowest BCUT2D eigenvalue weighted by Gasteiger charge is -2.04. The first-order valence-corrected chi connectivity index (χ1v) is 4.47. The minimum atomic E-state index is 0.781. The maximum atomic E-state index is 5.00. The molecule has 1 aromatic heterocycles. The molecule has 0 radical (unpaired) electrons. The summed E-state index contributed by atoms with van der Waals surface area (Å²) in [5.74, 6) is 1.75. The van der Waals surface area contributed by atoms with Gasteiger partial charge in [0.05, 0.1) is 6.20 Å². The predicted octanol–water partition coefficient (Wildman–Crippen LogP) is 1.14. The van der Waals surface area contributed by atoms with Crippen LogP contribution in [0.4, 0.5) is 0 Å². The first-order valence-electron chi connectivity index (χ1n) is 4.47. The Morgan fingerprint density at radius 1 is 1.75 bits per heavy atom. The molecule has 66 valence electrons. The van der Waals surface area contributed by atoms with Crippen LogP contribution < -0.4 is 5.32 Å². The molecule has 1 saturated heterocycles. The van der Waals surface area contributed by atoms with Crippen molar-refractivity contribution in [2.24, 2.45) is 5.92 Å². The van der Waals surface area contributed by atoms with Gasteiger partial charge in [0.25, 0.3) is 0 Å². The quantitative estimate of drug-likeness (QED) is 0.715. The maximum absolute atomic E-state index is 5.00. The summed E-state index contributed by atoms with van der Waals surface area (Å²) < 4.78 is 5.00. The van der Waals surface area contributed by atoms with Crippen LogP contribution in [0.1, 0.15) is 17.7 Å². The summed E-state index contributed by atoms with van der Waals surface area (Å²) in [5, 5.41) is 7.12. The second kappa shape index (κ2) is 3.27. The maximum Gasteiger partial charge on any atom is 0.136 e. The van der Waals surface area contributed by atoms with Gasteiger partial charge in [-0.15, -0.1) is 0 Å². The highest BCUT2D eigenvalue weighted by atomic mass is 16.5. The molecule has 2 heterocycles. The first-order chi connectivity index (χ1) is 5.86. The van der Waals surface area contributed by atoms with E-state index < -0.39 is 0 Å². The number of nitrogens with one attached hydrogen (secondary N) is 1. The number of hydrogen-bond acceptors (Lipinski definition) is 3. The van der Waals surface area contributed by atoms with E-state index in [1.807, 2.05) is 13.1 Å². The normalized spacial score (nSPS) is 23.2. The van der Waals surface area contributed by atoms with Crippen LogP contribution in [0.25, 0.3) is 0 Å². The van der Waals surface area contributed by atoms with Crippen LogP contribution in [0.5, 0.6) is 0 Å². The van der Waals surface area contributed by atoms with Crippen LogP contribution in [-0.2, 0) is 6.42 Å². The van der Waals surface area contributed by atoms with Gasteiger partial charge in [0, 0.05) is 5.56 Å². The highest BCUT2D eigenvalue weighted by Gasteiger charge is 2.16. The van der Waals surface area contributed by atoms with Crippen LogP contribution in [0.15, 0.2) is 10.7 Å². The van der Waals surface area contributed by atoms with Crippen molar-refractivity contribution in [1.29, 1.82) is 0 Å². The van der Waals surface area contributed by atoms with Crippen molar-refractivity contribution in [2.45, 2.75) is 19.8 Å². The van der Waals surface area contributed by atoms with E-state index in [9.17, 15) is 0 Å². The van der Waals surface area contributed by atoms with Crippen molar-refractivity contribution in [3.8, 4) is 0 Å². The molecule has 3 nitrogen and oxygen atoms in total. The highest BCUT2D eigenvalue weighted by molar-refractivity contribution is 5.12. The zero-order valence-electron chi connectivity index (χ0n) is 7.34. The molecule has 0 aromatic carbocycles. The second-order valence-electron chi connectivity index (χ2n) is 3.47. The Bertz CT molecular complexity index is 251. The van der Waals surface area contributed by atoms with E-state index in [-0.39, 0.29) is 0 Å². The number of aromatic nitrogens is 1. The van der Waals surface area contributed by atoms with E-state index in [1.165, 1.54) is 12.0 Å². The summed E-state index contributed by atoms with van der Waals surface area (Å²) in [5.41, 5.74) is 1.27. The van der Waals surface area contributed by atoms with Crippen molar-refractivity contribution in [2.75, 3.05) is 13.1 Å². The van der Waals surface area contributed by atoms with Gasteiger partial charge < -0.3 is 9.84 Å². The van der Waals surface area contributed by atoms with Gasteiger partial charge in [-0.25, -0.2) is 0 Å². The van der Waals surface area contributed by atoms with Gasteiger partial charge in [-0.1, -0.05) is 5.16 Å². The van der Waals surface area contributed by atoms with Crippen molar-refractivity contribution >= 4 is 0 Å². The third-order valence-corrected chi connectivity index (χ3v) is 2.52. The predicted molar refractivity (Wildman–Crippen MR) is 45.9 cm³/mol. The lowest BCUT2D eigenvalue weighted by Crippen LogP contribution is -2.10. The van der Waals surface area contributed by atoms with Gasteiger partial charge in [0.15, 0.2) is 0 Å². The molecule has 1 aromatic rings. The van der Waals surface area contributed by atoms with Crippen molar-refractivity contribution < 1.29 is 4.52 Å². The fraction of sp³-hybridized carbons (Fsp3) is 0.667. The lowest BCUT2D eigenvalue weighted by atomic mass is 10.00. The molecule has 1 atom stereocenters. The molecule has 1 N–H and O–H groups in total. The van der Waals surface area contributed by atoms with E-state index in [0.717, 1.165) is 31.2 Å². The van der Waals surface area contributed by atoms with E-state index in [2.05, 4.69) is 10.5 Å². The second-order valence-corrected chi connectivity index (χ2v) is 3.47. The Morgan fingerprint density at radius 2 is 2.67 bits per heavy atom. The Morgan fingerprint density at radius 3 is 3.25 bits per heavy atom. The number of hydrogen-bond donors (Lipinski definition) is 1. The Balaban J connectivity index is 1.98. The molecule has 1 unspecified atom stereocenters. The fourth-order valence-corrected chi connectivity index (χ4v) is 1.71. The molecule has 0 bridgehead atoms. The van der Waals surface area contributed by atoms with Crippen molar-refractivity contribution in [3.63, 3.8) is 0 Å². The molecule has 1 fully saturated rings. The molecule has 0 spiro atoms. The Hall–Kier alpha value is -0.830. The molecule has 0 saturated carbocycles. The highest BCUT2D eigenvalue weighted by Crippen LogP contribution is 2.17. The minimum Gasteiger partial charge on any atom is -0.361 e. The van der Waals surface area contributed by atoms with Gasteiger partial charge in [-0.05, 0) is 38.8 Å². The fourth-order valence-electron chi connectivity index (χ4n) is 1.71. The number of nitrogens with zero attached hydrogens (tertiary/aromatic N) is 1. The Labute approximate surface area is 72.1 Å².